The summed E-state index contributed by atoms with van der Waals surface area (Å²) in [4.78, 5) is 8.54. The zero-order valence-electron chi connectivity index (χ0n) is 10.6. The molecule has 0 aliphatic heterocycles. The van der Waals surface area contributed by atoms with Gasteiger partial charge in [-0.3, -0.25) is 4.98 Å². The van der Waals surface area contributed by atoms with Crippen LogP contribution in [0.3, 0.4) is 0 Å². The molecular weight excluding hydrogens is 323 g/mol. The first-order valence-corrected chi connectivity index (χ1v) is 6.77. The van der Waals surface area contributed by atoms with E-state index in [1.807, 2.05) is 13.0 Å². The second-order valence-corrected chi connectivity index (χ2v) is 5.26. The van der Waals surface area contributed by atoms with Gasteiger partial charge in [-0.05, 0) is 40.5 Å². The number of hydrogen-bond donors (Lipinski definition) is 0. The van der Waals surface area contributed by atoms with Gasteiger partial charge in [-0.1, -0.05) is 6.07 Å². The largest absolute Gasteiger partial charge is 0.455 e. The standard InChI is InChI=1S/C15H10BrFN2O/c1-9-2-3-11(17)7-14(9)20-13-4-5-18-12-6-10(16)8-19-15(12)13/h2-8H,1H3. The van der Waals surface area contributed by atoms with Gasteiger partial charge in [-0.15, -0.1) is 0 Å². The lowest BCUT2D eigenvalue weighted by atomic mass is 10.2. The highest BCUT2D eigenvalue weighted by atomic mass is 79.9. The van der Waals surface area contributed by atoms with E-state index in [9.17, 15) is 4.39 Å². The molecule has 0 fully saturated rings. The summed E-state index contributed by atoms with van der Waals surface area (Å²) in [5.74, 6) is 0.693. The summed E-state index contributed by atoms with van der Waals surface area (Å²) in [7, 11) is 0. The van der Waals surface area contributed by atoms with Gasteiger partial charge in [-0.25, -0.2) is 9.37 Å². The Labute approximate surface area is 123 Å². The van der Waals surface area contributed by atoms with Crippen molar-refractivity contribution in [1.29, 1.82) is 0 Å². The minimum Gasteiger partial charge on any atom is -0.455 e. The summed E-state index contributed by atoms with van der Waals surface area (Å²) in [6, 6.07) is 8.02. The molecule has 0 bridgehead atoms. The molecule has 0 aliphatic rings. The van der Waals surface area contributed by atoms with E-state index in [2.05, 4.69) is 25.9 Å². The van der Waals surface area contributed by atoms with Gasteiger partial charge >= 0.3 is 0 Å². The topological polar surface area (TPSA) is 35.0 Å². The van der Waals surface area contributed by atoms with Crippen LogP contribution in [0.15, 0.2) is 47.2 Å². The Morgan fingerprint density at radius 2 is 1.95 bits per heavy atom. The molecule has 0 amide bonds. The molecule has 2 aromatic heterocycles. The molecular formula is C15H10BrFN2O. The number of benzene rings is 1. The Morgan fingerprint density at radius 3 is 2.80 bits per heavy atom. The highest BCUT2D eigenvalue weighted by molar-refractivity contribution is 9.10. The first-order chi connectivity index (χ1) is 9.63. The molecule has 0 aliphatic carbocycles. The SMILES string of the molecule is Cc1ccc(F)cc1Oc1ccnc2cc(Br)cnc12. The first kappa shape index (κ1) is 13.0. The van der Waals surface area contributed by atoms with Gasteiger partial charge in [0.15, 0.2) is 5.75 Å². The lowest BCUT2D eigenvalue weighted by Gasteiger charge is -2.10. The van der Waals surface area contributed by atoms with Crippen LogP contribution in [0.1, 0.15) is 5.56 Å². The molecule has 0 saturated carbocycles. The molecule has 0 radical (unpaired) electrons. The van der Waals surface area contributed by atoms with E-state index in [0.29, 0.717) is 22.5 Å². The molecule has 3 nitrogen and oxygen atoms in total. The quantitative estimate of drug-likeness (QED) is 0.686. The Morgan fingerprint density at radius 1 is 1.10 bits per heavy atom. The van der Waals surface area contributed by atoms with E-state index in [0.717, 1.165) is 10.0 Å². The van der Waals surface area contributed by atoms with Crippen molar-refractivity contribution in [2.45, 2.75) is 6.92 Å². The normalized spacial score (nSPS) is 10.8. The average molecular weight is 333 g/mol. The molecule has 20 heavy (non-hydrogen) atoms. The number of fused-ring (bicyclic) bond motifs is 1. The minimum absolute atomic E-state index is 0.334. The maximum Gasteiger partial charge on any atom is 0.156 e. The molecule has 0 unspecified atom stereocenters. The molecule has 2 heterocycles. The number of aromatic nitrogens is 2. The Kier molecular flexibility index (Phi) is 3.36. The van der Waals surface area contributed by atoms with E-state index in [1.54, 1.807) is 24.5 Å². The third-order valence-electron chi connectivity index (χ3n) is 2.88. The molecule has 100 valence electrons. The fourth-order valence-corrected chi connectivity index (χ4v) is 2.18. The van der Waals surface area contributed by atoms with E-state index in [-0.39, 0.29) is 5.82 Å². The monoisotopic (exact) mass is 332 g/mol. The Bertz CT molecular complexity index is 792. The van der Waals surface area contributed by atoms with Crippen molar-refractivity contribution in [3.05, 3.63) is 58.6 Å². The number of pyridine rings is 2. The van der Waals surface area contributed by atoms with Gasteiger partial charge in [0.05, 0.1) is 5.52 Å². The van der Waals surface area contributed by atoms with E-state index in [1.165, 1.54) is 12.1 Å². The van der Waals surface area contributed by atoms with Crippen LogP contribution >= 0.6 is 15.9 Å². The van der Waals surface area contributed by atoms with Crippen LogP contribution < -0.4 is 4.74 Å². The Hall–Kier alpha value is -2.01. The molecule has 3 aromatic rings. The number of rotatable bonds is 2. The smallest absolute Gasteiger partial charge is 0.156 e. The average Bonchev–Trinajstić information content (AvgIpc) is 2.43. The van der Waals surface area contributed by atoms with Crippen molar-refractivity contribution in [3.8, 4) is 11.5 Å². The zero-order chi connectivity index (χ0) is 14.1. The summed E-state index contributed by atoms with van der Waals surface area (Å²) in [6.45, 7) is 1.86. The summed E-state index contributed by atoms with van der Waals surface area (Å²) in [6.07, 6.45) is 3.32. The van der Waals surface area contributed by atoms with Crippen LogP contribution in [0, 0.1) is 12.7 Å². The summed E-state index contributed by atoms with van der Waals surface area (Å²) in [5, 5.41) is 0. The molecule has 0 saturated heterocycles. The second kappa shape index (κ2) is 5.17. The van der Waals surface area contributed by atoms with Crippen molar-refractivity contribution in [2.75, 3.05) is 0 Å². The van der Waals surface area contributed by atoms with Crippen LogP contribution in [0.5, 0.6) is 11.5 Å². The summed E-state index contributed by atoms with van der Waals surface area (Å²) < 4.78 is 19.9. The first-order valence-electron chi connectivity index (χ1n) is 5.98. The van der Waals surface area contributed by atoms with Gasteiger partial charge in [0.2, 0.25) is 0 Å². The van der Waals surface area contributed by atoms with Gasteiger partial charge in [0.25, 0.3) is 0 Å². The second-order valence-electron chi connectivity index (χ2n) is 4.34. The molecule has 3 rings (SSSR count). The molecule has 0 atom stereocenters. The number of hydrogen-bond acceptors (Lipinski definition) is 3. The zero-order valence-corrected chi connectivity index (χ0v) is 12.2. The van der Waals surface area contributed by atoms with Crippen LogP contribution in [-0.2, 0) is 0 Å². The number of nitrogens with zero attached hydrogens (tertiary/aromatic N) is 2. The van der Waals surface area contributed by atoms with Crippen molar-refractivity contribution < 1.29 is 9.13 Å². The minimum atomic E-state index is -0.334. The highest BCUT2D eigenvalue weighted by Crippen LogP contribution is 2.30. The van der Waals surface area contributed by atoms with Gasteiger partial charge in [0, 0.05) is 29.0 Å². The summed E-state index contributed by atoms with van der Waals surface area (Å²) >= 11 is 3.35. The van der Waals surface area contributed by atoms with Crippen LogP contribution in [0.4, 0.5) is 4.39 Å². The number of halogens is 2. The summed E-state index contributed by atoms with van der Waals surface area (Å²) in [5.41, 5.74) is 2.21. The molecule has 5 heteroatoms. The Balaban J connectivity index is 2.09. The number of aryl methyl sites for hydroxylation is 1. The fraction of sp³-hybridized carbons (Fsp3) is 0.0667. The van der Waals surface area contributed by atoms with Crippen LogP contribution in [-0.4, -0.2) is 9.97 Å². The van der Waals surface area contributed by atoms with E-state index < -0.39 is 0 Å². The van der Waals surface area contributed by atoms with Gasteiger partial charge < -0.3 is 4.74 Å². The van der Waals surface area contributed by atoms with Crippen molar-refractivity contribution >= 4 is 27.0 Å². The lowest BCUT2D eigenvalue weighted by molar-refractivity contribution is 0.476. The van der Waals surface area contributed by atoms with Crippen molar-refractivity contribution in [2.24, 2.45) is 0 Å². The fourth-order valence-electron chi connectivity index (χ4n) is 1.87. The van der Waals surface area contributed by atoms with Crippen LogP contribution in [0.25, 0.3) is 11.0 Å². The molecule has 1 aromatic carbocycles. The van der Waals surface area contributed by atoms with Crippen molar-refractivity contribution in [3.63, 3.8) is 0 Å². The predicted molar refractivity (Wildman–Crippen MR) is 78.4 cm³/mol. The molecule has 0 spiro atoms. The third-order valence-corrected chi connectivity index (χ3v) is 3.31. The van der Waals surface area contributed by atoms with E-state index >= 15 is 0 Å². The highest BCUT2D eigenvalue weighted by Gasteiger charge is 2.08. The van der Waals surface area contributed by atoms with Gasteiger partial charge in [-0.2, -0.15) is 0 Å². The third kappa shape index (κ3) is 2.49. The van der Waals surface area contributed by atoms with Crippen LogP contribution in [0.2, 0.25) is 0 Å². The van der Waals surface area contributed by atoms with Gasteiger partial charge in [0.1, 0.15) is 17.1 Å². The predicted octanol–water partition coefficient (Wildman–Crippen LogP) is 4.63. The number of ether oxygens (including phenoxy) is 1. The maximum atomic E-state index is 13.3. The maximum absolute atomic E-state index is 13.3. The van der Waals surface area contributed by atoms with Crippen molar-refractivity contribution in [1.82, 2.24) is 9.97 Å². The molecule has 0 N–H and O–H groups in total. The lowest BCUT2D eigenvalue weighted by Crippen LogP contribution is -1.92. The van der Waals surface area contributed by atoms with E-state index in [4.69, 9.17) is 4.74 Å².